The van der Waals surface area contributed by atoms with Crippen LogP contribution in [0.2, 0.25) is 0 Å². The zero-order chi connectivity index (χ0) is 24.8. The Balaban J connectivity index is 1.48. The molecule has 3 aromatic rings. The van der Waals surface area contributed by atoms with E-state index in [1.165, 1.54) is 13.4 Å². The van der Waals surface area contributed by atoms with E-state index in [1.807, 2.05) is 37.3 Å². The number of hydrogen-bond donors (Lipinski definition) is 3. The summed E-state index contributed by atoms with van der Waals surface area (Å²) in [6, 6.07) is 11.0. The largest absolute Gasteiger partial charge is 0.453 e. The van der Waals surface area contributed by atoms with E-state index in [9.17, 15) is 9.59 Å². The second-order valence-electron chi connectivity index (χ2n) is 8.36. The van der Waals surface area contributed by atoms with Gasteiger partial charge in [0.25, 0.3) is 0 Å². The molecule has 0 atom stereocenters. The van der Waals surface area contributed by atoms with Crippen LogP contribution in [0.3, 0.4) is 0 Å². The molecule has 0 unspecified atom stereocenters. The second kappa shape index (κ2) is 10.5. The topological polar surface area (TPSA) is 127 Å². The zero-order valence-electron chi connectivity index (χ0n) is 19.9. The number of pyridine rings is 1. The molecule has 0 spiro atoms. The summed E-state index contributed by atoms with van der Waals surface area (Å²) in [7, 11) is 3.00. The molecule has 1 aliphatic carbocycles. The Morgan fingerprint density at radius 3 is 2.57 bits per heavy atom. The molecule has 10 heteroatoms. The minimum absolute atomic E-state index is 0.0588. The lowest BCUT2D eigenvalue weighted by atomic mass is 10.0. The van der Waals surface area contributed by atoms with E-state index >= 15 is 0 Å². The number of carbonyl (C=O) groups excluding carboxylic acids is 2. The first-order valence-electron chi connectivity index (χ1n) is 11.3. The molecule has 1 aromatic carbocycles. The first-order valence-corrected chi connectivity index (χ1v) is 11.3. The molecule has 1 fully saturated rings. The van der Waals surface area contributed by atoms with E-state index in [0.717, 1.165) is 41.6 Å². The molecule has 2 heterocycles. The summed E-state index contributed by atoms with van der Waals surface area (Å²) in [6.45, 7) is 2.45. The first-order chi connectivity index (χ1) is 16.9. The summed E-state index contributed by atoms with van der Waals surface area (Å²) in [6.07, 6.45) is 5.27. The lowest BCUT2D eigenvalue weighted by molar-refractivity contribution is 0.0736. The van der Waals surface area contributed by atoms with E-state index in [1.54, 1.807) is 19.4 Å². The van der Waals surface area contributed by atoms with E-state index in [0.29, 0.717) is 23.7 Å². The smallest absolute Gasteiger partial charge is 0.412 e. The van der Waals surface area contributed by atoms with Gasteiger partial charge in [0, 0.05) is 36.5 Å². The van der Waals surface area contributed by atoms with E-state index < -0.39 is 6.09 Å². The predicted octanol–water partition coefficient (Wildman–Crippen LogP) is 4.38. The monoisotopic (exact) mass is 476 g/mol. The number of nitrogens with one attached hydrogen (secondary N) is 3. The third kappa shape index (κ3) is 6.10. The molecule has 1 aliphatic rings. The van der Waals surface area contributed by atoms with Gasteiger partial charge in [-0.3, -0.25) is 10.3 Å². The van der Waals surface area contributed by atoms with Crippen molar-refractivity contribution < 1.29 is 19.1 Å². The molecule has 35 heavy (non-hydrogen) atoms. The molecule has 0 bridgehead atoms. The van der Waals surface area contributed by atoms with Crippen LogP contribution in [-0.2, 0) is 9.47 Å². The molecule has 0 radical (unpaired) electrons. The molecule has 3 N–H and O–H groups in total. The third-order valence-electron chi connectivity index (χ3n) is 6.00. The molecular formula is C25H28N6O4. The minimum Gasteiger partial charge on any atom is -0.453 e. The standard InChI is InChI=1S/C25H28N6O4/c1-16-20(12-19(14-27-16)30-23(32)26-10-9-25(35-3)7-8-25)17-5-4-6-18(11-17)21-13-22(29-15-28-21)31-24(33)34-2/h4-6,11-15H,7-10H2,1-3H3,(H2,26,30,32)(H,28,29,31,33). The highest BCUT2D eigenvalue weighted by atomic mass is 16.5. The number of aryl methyl sites for hydroxylation is 1. The van der Waals surface area contributed by atoms with Crippen LogP contribution in [-0.4, -0.2) is 53.4 Å². The maximum Gasteiger partial charge on any atom is 0.412 e. The van der Waals surface area contributed by atoms with Crippen molar-refractivity contribution in [2.45, 2.75) is 31.8 Å². The molecule has 182 valence electrons. The molecular weight excluding hydrogens is 448 g/mol. The number of methoxy groups -OCH3 is 2. The maximum atomic E-state index is 12.4. The Morgan fingerprint density at radius 1 is 1.03 bits per heavy atom. The lowest BCUT2D eigenvalue weighted by Gasteiger charge is -2.14. The number of hydrogen-bond acceptors (Lipinski definition) is 7. The number of amides is 3. The molecule has 0 aliphatic heterocycles. The van der Waals surface area contributed by atoms with Crippen LogP contribution in [0.4, 0.5) is 21.1 Å². The molecule has 3 amide bonds. The Morgan fingerprint density at radius 2 is 1.83 bits per heavy atom. The van der Waals surface area contributed by atoms with Crippen molar-refractivity contribution >= 4 is 23.6 Å². The molecule has 4 rings (SSSR count). The van der Waals surface area contributed by atoms with Crippen LogP contribution in [0.25, 0.3) is 22.4 Å². The van der Waals surface area contributed by atoms with Gasteiger partial charge in [-0.2, -0.15) is 0 Å². The second-order valence-corrected chi connectivity index (χ2v) is 8.36. The van der Waals surface area contributed by atoms with E-state index in [4.69, 9.17) is 4.74 Å². The van der Waals surface area contributed by atoms with Gasteiger partial charge in [-0.1, -0.05) is 18.2 Å². The number of carbonyl (C=O) groups is 2. The molecule has 10 nitrogen and oxygen atoms in total. The van der Waals surface area contributed by atoms with Crippen molar-refractivity contribution in [3.8, 4) is 22.4 Å². The van der Waals surface area contributed by atoms with Gasteiger partial charge in [0.2, 0.25) is 0 Å². The minimum atomic E-state index is -0.607. The molecule has 1 saturated carbocycles. The molecule has 0 saturated heterocycles. The Hall–Kier alpha value is -4.05. The number of ether oxygens (including phenoxy) is 2. The van der Waals surface area contributed by atoms with Crippen molar-refractivity contribution in [1.82, 2.24) is 20.3 Å². The van der Waals surface area contributed by atoms with Gasteiger partial charge >= 0.3 is 12.1 Å². The fourth-order valence-electron chi connectivity index (χ4n) is 3.75. The number of aromatic nitrogens is 3. The summed E-state index contributed by atoms with van der Waals surface area (Å²) in [5.74, 6) is 0.334. The Bertz CT molecular complexity index is 1230. The van der Waals surface area contributed by atoms with Gasteiger partial charge in [-0.15, -0.1) is 0 Å². The first kappa shape index (κ1) is 24.1. The van der Waals surface area contributed by atoms with Crippen LogP contribution in [0.1, 0.15) is 25.0 Å². The van der Waals surface area contributed by atoms with Gasteiger partial charge < -0.3 is 20.1 Å². The highest BCUT2D eigenvalue weighted by Gasteiger charge is 2.42. The van der Waals surface area contributed by atoms with Gasteiger partial charge in [0.05, 0.1) is 30.3 Å². The summed E-state index contributed by atoms with van der Waals surface area (Å²) in [4.78, 5) is 36.7. The van der Waals surface area contributed by atoms with Crippen LogP contribution >= 0.6 is 0 Å². The normalized spacial score (nSPS) is 13.6. The zero-order valence-corrected chi connectivity index (χ0v) is 19.9. The van der Waals surface area contributed by atoms with Gasteiger partial charge in [-0.05, 0) is 43.9 Å². The predicted molar refractivity (Wildman–Crippen MR) is 132 cm³/mol. The van der Waals surface area contributed by atoms with Gasteiger partial charge in [-0.25, -0.2) is 19.6 Å². The number of anilines is 2. The highest BCUT2D eigenvalue weighted by molar-refractivity contribution is 5.90. The third-order valence-corrected chi connectivity index (χ3v) is 6.00. The lowest BCUT2D eigenvalue weighted by Crippen LogP contribution is -2.32. The van der Waals surface area contributed by atoms with E-state index in [2.05, 4.69) is 35.6 Å². The Labute approximate surface area is 203 Å². The summed E-state index contributed by atoms with van der Waals surface area (Å²) in [5.41, 5.74) is 4.61. The van der Waals surface area contributed by atoms with Crippen LogP contribution < -0.4 is 16.0 Å². The van der Waals surface area contributed by atoms with Crippen LogP contribution in [0.5, 0.6) is 0 Å². The molecule has 2 aromatic heterocycles. The van der Waals surface area contributed by atoms with Crippen molar-refractivity contribution in [2.75, 3.05) is 31.4 Å². The quantitative estimate of drug-likeness (QED) is 0.440. The van der Waals surface area contributed by atoms with Gasteiger partial charge in [0.15, 0.2) is 0 Å². The average Bonchev–Trinajstić information content (AvgIpc) is 3.65. The van der Waals surface area contributed by atoms with Crippen LogP contribution in [0.15, 0.2) is 48.9 Å². The SMILES string of the molecule is COC(=O)Nc1cc(-c2cccc(-c3cc(NC(=O)NCCC4(OC)CC4)cnc3C)c2)ncn1. The average molecular weight is 477 g/mol. The Kier molecular flexibility index (Phi) is 7.21. The fraction of sp³-hybridized carbons (Fsp3) is 0.320. The van der Waals surface area contributed by atoms with Crippen molar-refractivity contribution in [3.63, 3.8) is 0 Å². The van der Waals surface area contributed by atoms with Crippen LogP contribution in [0, 0.1) is 6.92 Å². The van der Waals surface area contributed by atoms with Crippen molar-refractivity contribution in [2.24, 2.45) is 0 Å². The summed E-state index contributed by atoms with van der Waals surface area (Å²) >= 11 is 0. The summed E-state index contributed by atoms with van der Waals surface area (Å²) in [5, 5.41) is 8.27. The summed E-state index contributed by atoms with van der Waals surface area (Å²) < 4.78 is 10.1. The highest BCUT2D eigenvalue weighted by Crippen LogP contribution is 2.41. The van der Waals surface area contributed by atoms with E-state index in [-0.39, 0.29) is 11.6 Å². The number of rotatable bonds is 8. The van der Waals surface area contributed by atoms with Crippen molar-refractivity contribution in [1.29, 1.82) is 0 Å². The maximum absolute atomic E-state index is 12.4. The van der Waals surface area contributed by atoms with Gasteiger partial charge in [0.1, 0.15) is 12.1 Å². The number of nitrogens with zero attached hydrogens (tertiary/aromatic N) is 3. The number of benzene rings is 1. The van der Waals surface area contributed by atoms with Crippen molar-refractivity contribution in [3.05, 3.63) is 54.6 Å². The number of urea groups is 1. The fourth-order valence-corrected chi connectivity index (χ4v) is 3.75.